The number of para-hydroxylation sites is 1. The molecule has 18 heavy (non-hydrogen) atoms. The molecule has 1 atom stereocenters. The maximum absolute atomic E-state index is 12.1. The highest BCUT2D eigenvalue weighted by molar-refractivity contribution is 6.06. The second-order valence-corrected chi connectivity index (χ2v) is 4.19. The van der Waals surface area contributed by atoms with E-state index in [1.54, 1.807) is 25.3 Å². The summed E-state index contributed by atoms with van der Waals surface area (Å²) in [4.78, 5) is 27.4. The van der Waals surface area contributed by atoms with E-state index >= 15 is 0 Å². The van der Waals surface area contributed by atoms with E-state index in [0.717, 1.165) is 5.39 Å². The molecule has 4 heteroatoms. The summed E-state index contributed by atoms with van der Waals surface area (Å²) in [5.74, 6) is -0.349. The monoisotopic (exact) mass is 242 g/mol. The Morgan fingerprint density at radius 1 is 1.22 bits per heavy atom. The lowest BCUT2D eigenvalue weighted by Gasteiger charge is -2.11. The van der Waals surface area contributed by atoms with Crippen molar-refractivity contribution in [3.63, 3.8) is 0 Å². The fourth-order valence-corrected chi connectivity index (χ4v) is 1.66. The van der Waals surface area contributed by atoms with E-state index in [0.29, 0.717) is 11.1 Å². The first kappa shape index (κ1) is 12.2. The number of rotatable bonds is 3. The van der Waals surface area contributed by atoms with E-state index in [9.17, 15) is 9.59 Å². The summed E-state index contributed by atoms with van der Waals surface area (Å²) >= 11 is 0. The summed E-state index contributed by atoms with van der Waals surface area (Å²) < 4.78 is 0. The summed E-state index contributed by atoms with van der Waals surface area (Å²) in [6.07, 6.45) is 1.65. The Balaban J connectivity index is 2.36. The third-order valence-electron chi connectivity index (χ3n) is 2.83. The lowest BCUT2D eigenvalue weighted by Crippen LogP contribution is -2.37. The summed E-state index contributed by atoms with van der Waals surface area (Å²) in [5.41, 5.74) is 1.13. The molecule has 2 rings (SSSR count). The predicted molar refractivity (Wildman–Crippen MR) is 69.4 cm³/mol. The average molecular weight is 242 g/mol. The van der Waals surface area contributed by atoms with Crippen LogP contribution in [0.15, 0.2) is 36.5 Å². The van der Waals surface area contributed by atoms with E-state index in [1.165, 1.54) is 6.92 Å². The Bertz CT molecular complexity index is 602. The van der Waals surface area contributed by atoms with Gasteiger partial charge in [-0.25, -0.2) is 0 Å². The predicted octanol–water partition coefficient (Wildman–Crippen LogP) is 1.94. The van der Waals surface area contributed by atoms with Crippen LogP contribution in [-0.4, -0.2) is 22.7 Å². The van der Waals surface area contributed by atoms with Gasteiger partial charge in [-0.05, 0) is 26.0 Å². The Morgan fingerprint density at radius 3 is 2.67 bits per heavy atom. The van der Waals surface area contributed by atoms with E-state index in [2.05, 4.69) is 10.3 Å². The third-order valence-corrected chi connectivity index (χ3v) is 2.83. The minimum atomic E-state index is -0.489. The number of pyridine rings is 1. The molecular formula is C14H14N2O2. The van der Waals surface area contributed by atoms with Gasteiger partial charge in [-0.3, -0.25) is 14.6 Å². The molecule has 0 fully saturated rings. The van der Waals surface area contributed by atoms with Crippen molar-refractivity contribution >= 4 is 22.6 Å². The molecule has 0 aliphatic heterocycles. The van der Waals surface area contributed by atoms with Crippen molar-refractivity contribution in [2.45, 2.75) is 19.9 Å². The van der Waals surface area contributed by atoms with E-state index in [-0.39, 0.29) is 11.7 Å². The van der Waals surface area contributed by atoms with Crippen LogP contribution in [0.3, 0.4) is 0 Å². The first-order valence-electron chi connectivity index (χ1n) is 5.74. The highest BCUT2D eigenvalue weighted by Crippen LogP contribution is 2.15. The summed E-state index contributed by atoms with van der Waals surface area (Å²) in [7, 11) is 0. The number of nitrogens with zero attached hydrogens (tertiary/aromatic N) is 1. The van der Waals surface area contributed by atoms with Gasteiger partial charge in [0, 0.05) is 11.6 Å². The van der Waals surface area contributed by atoms with E-state index in [4.69, 9.17) is 0 Å². The molecule has 0 saturated carbocycles. The number of aromatic nitrogens is 1. The van der Waals surface area contributed by atoms with Crippen molar-refractivity contribution in [2.24, 2.45) is 0 Å². The molecule has 1 aromatic heterocycles. The largest absolute Gasteiger partial charge is 0.342 e. The number of hydrogen-bond donors (Lipinski definition) is 1. The number of carbonyl (C=O) groups is 2. The molecule has 1 heterocycles. The standard InChI is InChI=1S/C14H14N2O2/c1-9(10(2)17)16-14(18)12-7-3-5-11-6-4-8-15-13(11)12/h3-9H,1-2H3,(H,16,18). The molecule has 0 aliphatic rings. The van der Waals surface area contributed by atoms with Gasteiger partial charge < -0.3 is 5.32 Å². The van der Waals surface area contributed by atoms with Crippen LogP contribution in [-0.2, 0) is 4.79 Å². The molecule has 0 saturated heterocycles. The van der Waals surface area contributed by atoms with Gasteiger partial charge in [0.15, 0.2) is 5.78 Å². The van der Waals surface area contributed by atoms with Crippen LogP contribution in [0.2, 0.25) is 0 Å². The molecule has 1 N–H and O–H groups in total. The first-order valence-corrected chi connectivity index (χ1v) is 5.74. The first-order chi connectivity index (χ1) is 8.59. The van der Waals surface area contributed by atoms with Crippen LogP contribution < -0.4 is 5.32 Å². The highest BCUT2D eigenvalue weighted by atomic mass is 16.2. The quantitative estimate of drug-likeness (QED) is 0.894. The van der Waals surface area contributed by atoms with Crippen LogP contribution >= 0.6 is 0 Å². The van der Waals surface area contributed by atoms with Crippen molar-refractivity contribution in [3.8, 4) is 0 Å². The van der Waals surface area contributed by atoms with E-state index in [1.807, 2.05) is 18.2 Å². The molecule has 1 aromatic carbocycles. The van der Waals surface area contributed by atoms with Gasteiger partial charge in [-0.2, -0.15) is 0 Å². The number of amides is 1. The van der Waals surface area contributed by atoms with Crippen LogP contribution in [0.25, 0.3) is 10.9 Å². The maximum atomic E-state index is 12.1. The Kier molecular flexibility index (Phi) is 3.37. The minimum Gasteiger partial charge on any atom is -0.342 e. The number of Topliss-reactive ketones (excluding diaryl/α,β-unsaturated/α-hetero) is 1. The van der Waals surface area contributed by atoms with Crippen molar-refractivity contribution in [1.82, 2.24) is 10.3 Å². The van der Waals surface area contributed by atoms with Gasteiger partial charge in [-0.15, -0.1) is 0 Å². The van der Waals surface area contributed by atoms with Gasteiger partial charge in [0.1, 0.15) is 0 Å². The number of carbonyl (C=O) groups excluding carboxylic acids is 2. The molecule has 0 aliphatic carbocycles. The molecule has 92 valence electrons. The fraction of sp³-hybridized carbons (Fsp3) is 0.214. The topological polar surface area (TPSA) is 59.1 Å². The third kappa shape index (κ3) is 2.37. The van der Waals surface area contributed by atoms with E-state index < -0.39 is 6.04 Å². The molecule has 1 amide bonds. The second kappa shape index (κ2) is 4.96. The van der Waals surface area contributed by atoms with Crippen LogP contribution in [0.5, 0.6) is 0 Å². The van der Waals surface area contributed by atoms with Crippen LogP contribution in [0.4, 0.5) is 0 Å². The van der Waals surface area contributed by atoms with Gasteiger partial charge >= 0.3 is 0 Å². The number of benzene rings is 1. The fourth-order valence-electron chi connectivity index (χ4n) is 1.66. The Labute approximate surface area is 105 Å². The highest BCUT2D eigenvalue weighted by Gasteiger charge is 2.15. The van der Waals surface area contributed by atoms with Crippen LogP contribution in [0.1, 0.15) is 24.2 Å². The normalized spacial score (nSPS) is 12.1. The Morgan fingerprint density at radius 2 is 1.94 bits per heavy atom. The van der Waals surface area contributed by atoms with Crippen molar-refractivity contribution in [1.29, 1.82) is 0 Å². The minimum absolute atomic E-state index is 0.0726. The second-order valence-electron chi connectivity index (χ2n) is 4.19. The number of nitrogens with one attached hydrogen (secondary N) is 1. The molecule has 0 bridgehead atoms. The number of hydrogen-bond acceptors (Lipinski definition) is 3. The average Bonchev–Trinajstić information content (AvgIpc) is 2.37. The number of fused-ring (bicyclic) bond motifs is 1. The van der Waals surface area contributed by atoms with Gasteiger partial charge in [-0.1, -0.05) is 18.2 Å². The lowest BCUT2D eigenvalue weighted by atomic mass is 10.1. The molecule has 4 nitrogen and oxygen atoms in total. The lowest BCUT2D eigenvalue weighted by molar-refractivity contribution is -0.118. The Hall–Kier alpha value is -2.23. The van der Waals surface area contributed by atoms with Crippen molar-refractivity contribution < 1.29 is 9.59 Å². The smallest absolute Gasteiger partial charge is 0.254 e. The SMILES string of the molecule is CC(=O)C(C)NC(=O)c1cccc2cccnc12. The summed E-state index contributed by atoms with van der Waals surface area (Å²) in [6, 6.07) is 8.63. The number of ketones is 1. The van der Waals surface area contributed by atoms with Crippen molar-refractivity contribution in [2.75, 3.05) is 0 Å². The molecular weight excluding hydrogens is 228 g/mol. The van der Waals surface area contributed by atoms with Gasteiger partial charge in [0.05, 0.1) is 17.1 Å². The summed E-state index contributed by atoms with van der Waals surface area (Å²) in [5, 5.41) is 3.56. The molecule has 0 radical (unpaired) electrons. The maximum Gasteiger partial charge on any atom is 0.254 e. The van der Waals surface area contributed by atoms with Gasteiger partial charge in [0.2, 0.25) is 0 Å². The van der Waals surface area contributed by atoms with Crippen LogP contribution in [0, 0.1) is 0 Å². The van der Waals surface area contributed by atoms with Crippen molar-refractivity contribution in [3.05, 3.63) is 42.1 Å². The molecule has 1 unspecified atom stereocenters. The molecule has 0 spiro atoms. The zero-order valence-electron chi connectivity index (χ0n) is 10.3. The zero-order chi connectivity index (χ0) is 13.1. The summed E-state index contributed by atoms with van der Waals surface area (Å²) in [6.45, 7) is 3.12. The molecule has 2 aromatic rings. The zero-order valence-corrected chi connectivity index (χ0v) is 10.3. The van der Waals surface area contributed by atoms with Gasteiger partial charge in [0.25, 0.3) is 5.91 Å².